The van der Waals surface area contributed by atoms with E-state index < -0.39 is 20.2 Å². The molecule has 0 unspecified atom stereocenters. The molecule has 0 bridgehead atoms. The molecule has 47 heavy (non-hydrogen) atoms. The molecule has 11 heteroatoms. The lowest BCUT2D eigenvalue weighted by atomic mass is 9.89. The maximum Gasteiger partial charge on any atom is 0.303 e. The summed E-state index contributed by atoms with van der Waals surface area (Å²) in [6, 6.07) is 17.2. The van der Waals surface area contributed by atoms with E-state index in [9.17, 15) is 16.8 Å². The number of nitrogens with zero attached hydrogens (tertiary/aromatic N) is 5. The van der Waals surface area contributed by atoms with Crippen molar-refractivity contribution in [3.63, 3.8) is 0 Å². The number of rotatable bonds is 8. The van der Waals surface area contributed by atoms with Crippen LogP contribution in [0.15, 0.2) is 83.9 Å². The summed E-state index contributed by atoms with van der Waals surface area (Å²) in [5.74, 6) is 0.948. The predicted molar refractivity (Wildman–Crippen MR) is 191 cm³/mol. The Hall–Kier alpha value is -2.70. The lowest BCUT2D eigenvalue weighted by Crippen LogP contribution is -2.46. The van der Waals surface area contributed by atoms with Crippen molar-refractivity contribution in [3.8, 4) is 0 Å². The van der Waals surface area contributed by atoms with Gasteiger partial charge in [0.15, 0.2) is 0 Å². The van der Waals surface area contributed by atoms with Crippen LogP contribution in [-0.4, -0.2) is 101 Å². The van der Waals surface area contributed by atoms with E-state index in [0.717, 1.165) is 31.6 Å². The van der Waals surface area contributed by atoms with Crippen LogP contribution < -0.4 is 4.90 Å². The largest absolute Gasteiger partial charge is 0.378 e. The Morgan fingerprint density at radius 2 is 1.45 bits per heavy atom. The molecule has 1 saturated carbocycles. The molecule has 0 aromatic heterocycles. The van der Waals surface area contributed by atoms with Crippen molar-refractivity contribution in [2.45, 2.75) is 62.2 Å². The van der Waals surface area contributed by atoms with E-state index in [0.29, 0.717) is 50.0 Å². The summed E-state index contributed by atoms with van der Waals surface area (Å²) < 4.78 is 60.7. The van der Waals surface area contributed by atoms with Crippen LogP contribution in [0.25, 0.3) is 0 Å². The number of hydrogen-bond donors (Lipinski definition) is 0. The summed E-state index contributed by atoms with van der Waals surface area (Å²) in [6.07, 6.45) is 12.1. The van der Waals surface area contributed by atoms with Gasteiger partial charge in [-0.3, -0.25) is 9.21 Å². The average Bonchev–Trinajstić information content (AvgIpc) is 3.07. The molecule has 2 heterocycles. The highest BCUT2D eigenvalue weighted by atomic mass is 32.2. The van der Waals surface area contributed by atoms with Crippen LogP contribution >= 0.6 is 0 Å². The SMILES string of the molecule is C=C1CN(S(=O)(=O)c2ccc(N(C)C)cc2)CCCN(CC2CCCCC2)C/C=C\N(S(=O)(=O)N2CCC(c3ccccc3)CC2)C1. The number of sulfonamides is 1. The molecule has 2 aliphatic heterocycles. The summed E-state index contributed by atoms with van der Waals surface area (Å²) in [4.78, 5) is 4.53. The third-order valence-electron chi connectivity index (χ3n) is 9.88. The van der Waals surface area contributed by atoms with Crippen molar-refractivity contribution < 1.29 is 16.8 Å². The van der Waals surface area contributed by atoms with Gasteiger partial charge < -0.3 is 4.90 Å². The van der Waals surface area contributed by atoms with Gasteiger partial charge in [0.25, 0.3) is 0 Å². The van der Waals surface area contributed by atoms with Gasteiger partial charge in [-0.2, -0.15) is 17.0 Å². The summed E-state index contributed by atoms with van der Waals surface area (Å²) >= 11 is 0. The zero-order valence-corrected chi connectivity index (χ0v) is 29.8. The number of piperidine rings is 1. The molecule has 0 amide bonds. The van der Waals surface area contributed by atoms with Crippen molar-refractivity contribution in [1.82, 2.24) is 17.8 Å². The second-order valence-corrected chi connectivity index (χ2v) is 17.4. The molecule has 258 valence electrons. The number of hydrogen-bond acceptors (Lipinski definition) is 6. The smallest absolute Gasteiger partial charge is 0.303 e. The molecule has 0 radical (unpaired) electrons. The first-order valence-corrected chi connectivity index (χ1v) is 20.0. The van der Waals surface area contributed by atoms with Crippen LogP contribution in [0.5, 0.6) is 0 Å². The van der Waals surface area contributed by atoms with Crippen molar-refractivity contribution in [3.05, 3.63) is 84.6 Å². The molecule has 5 rings (SSSR count). The quantitative estimate of drug-likeness (QED) is 0.341. The Morgan fingerprint density at radius 1 is 0.766 bits per heavy atom. The van der Waals surface area contributed by atoms with E-state index in [1.807, 2.05) is 55.4 Å². The van der Waals surface area contributed by atoms with Crippen LogP contribution in [0.3, 0.4) is 0 Å². The standard InChI is InChI=1S/C36H53N5O4S2/c1-31-28-40(46(42,43)36-18-16-35(17-19-36)37(2)3)24-10-22-38(30-32-12-6-4-7-13-32)23-11-25-41(29-31)47(44,45)39-26-20-34(21-27-39)33-14-8-5-9-15-33/h5,8-9,11,14-19,25,32,34H,1,4,6-7,10,12-13,20-24,26-30H2,2-3H3/b25-11-. The van der Waals surface area contributed by atoms with E-state index in [1.165, 1.54) is 46.3 Å². The molecule has 1 aliphatic carbocycles. The van der Waals surface area contributed by atoms with Crippen LogP contribution in [0.4, 0.5) is 5.69 Å². The lowest BCUT2D eigenvalue weighted by Gasteiger charge is -2.36. The van der Waals surface area contributed by atoms with Crippen LogP contribution in [0, 0.1) is 5.92 Å². The third kappa shape index (κ3) is 9.26. The fourth-order valence-electron chi connectivity index (χ4n) is 7.15. The summed E-state index contributed by atoms with van der Waals surface area (Å²) in [5, 5.41) is 0. The molecule has 9 nitrogen and oxygen atoms in total. The van der Waals surface area contributed by atoms with Gasteiger partial charge >= 0.3 is 10.2 Å². The van der Waals surface area contributed by atoms with Crippen LogP contribution in [0.2, 0.25) is 0 Å². The van der Waals surface area contributed by atoms with E-state index >= 15 is 0 Å². The molecule has 2 aromatic rings. The van der Waals surface area contributed by atoms with E-state index in [2.05, 4.69) is 23.6 Å². The fourth-order valence-corrected chi connectivity index (χ4v) is 10.2. The topological polar surface area (TPSA) is 84.5 Å². The predicted octanol–water partition coefficient (Wildman–Crippen LogP) is 5.53. The van der Waals surface area contributed by atoms with E-state index in [1.54, 1.807) is 22.6 Å². The minimum Gasteiger partial charge on any atom is -0.378 e. The molecular formula is C36H53N5O4S2. The summed E-state index contributed by atoms with van der Waals surface area (Å²) in [7, 11) is -3.85. The van der Waals surface area contributed by atoms with Crippen LogP contribution in [0.1, 0.15) is 62.8 Å². The zero-order valence-electron chi connectivity index (χ0n) is 28.2. The van der Waals surface area contributed by atoms with Gasteiger partial charge in [-0.05, 0) is 85.9 Å². The van der Waals surface area contributed by atoms with Crippen LogP contribution in [-0.2, 0) is 20.2 Å². The third-order valence-corrected chi connectivity index (χ3v) is 13.6. The Morgan fingerprint density at radius 3 is 2.11 bits per heavy atom. The maximum atomic E-state index is 14.1. The first-order valence-electron chi connectivity index (χ1n) is 17.2. The normalized spacial score (nSPS) is 22.0. The van der Waals surface area contributed by atoms with Crippen molar-refractivity contribution in [2.75, 3.05) is 71.4 Å². The fraction of sp³-hybridized carbons (Fsp3) is 0.556. The summed E-state index contributed by atoms with van der Waals surface area (Å²) in [5.41, 5.74) is 2.70. The first kappa shape index (κ1) is 35.6. The Balaban J connectivity index is 1.37. The highest BCUT2D eigenvalue weighted by Gasteiger charge is 2.33. The van der Waals surface area contributed by atoms with Gasteiger partial charge in [-0.25, -0.2) is 8.42 Å². The highest BCUT2D eigenvalue weighted by Crippen LogP contribution is 2.30. The first-order chi connectivity index (χ1) is 22.5. The monoisotopic (exact) mass is 683 g/mol. The summed E-state index contributed by atoms with van der Waals surface area (Å²) in [6.45, 7) is 7.78. The second kappa shape index (κ2) is 16.1. The van der Waals surface area contributed by atoms with Crippen molar-refractivity contribution in [2.24, 2.45) is 5.92 Å². The zero-order chi connectivity index (χ0) is 33.4. The van der Waals surface area contributed by atoms with Gasteiger partial charge in [0.05, 0.1) is 11.4 Å². The number of anilines is 1. The molecule has 0 spiro atoms. The average molecular weight is 684 g/mol. The minimum absolute atomic E-state index is 0.0195. The molecule has 0 N–H and O–H groups in total. The Bertz CT molecular complexity index is 1550. The van der Waals surface area contributed by atoms with Gasteiger partial charge in [-0.15, -0.1) is 0 Å². The van der Waals surface area contributed by atoms with Gasteiger partial charge in [0.1, 0.15) is 0 Å². The van der Waals surface area contributed by atoms with Crippen molar-refractivity contribution >= 4 is 25.9 Å². The molecular weight excluding hydrogens is 631 g/mol. The Kier molecular flexibility index (Phi) is 12.2. The maximum absolute atomic E-state index is 14.1. The van der Waals surface area contributed by atoms with E-state index in [4.69, 9.17) is 0 Å². The highest BCUT2D eigenvalue weighted by molar-refractivity contribution is 7.89. The van der Waals surface area contributed by atoms with Gasteiger partial charge in [0, 0.05) is 65.3 Å². The molecule has 2 fully saturated rings. The molecule has 0 atom stereocenters. The van der Waals surface area contributed by atoms with Crippen molar-refractivity contribution in [1.29, 1.82) is 0 Å². The Labute approximate surface area is 283 Å². The second-order valence-electron chi connectivity index (χ2n) is 13.6. The van der Waals surface area contributed by atoms with Gasteiger partial charge in [0.2, 0.25) is 10.0 Å². The minimum atomic E-state index is -3.85. The van der Waals surface area contributed by atoms with E-state index in [-0.39, 0.29) is 18.0 Å². The molecule has 2 aromatic carbocycles. The lowest BCUT2D eigenvalue weighted by molar-refractivity contribution is 0.209. The molecule has 3 aliphatic rings. The number of benzene rings is 2. The van der Waals surface area contributed by atoms with Gasteiger partial charge in [-0.1, -0.05) is 62.2 Å². The molecule has 1 saturated heterocycles.